The average Bonchev–Trinajstić information content (AvgIpc) is 2.96. The molecular weight excluding hydrogens is 350 g/mol. The van der Waals surface area contributed by atoms with Gasteiger partial charge in [-0.3, -0.25) is 4.79 Å². The number of para-hydroxylation sites is 1. The molecule has 130 valence electrons. The third-order valence-corrected chi connectivity index (χ3v) is 7.45. The molecule has 3 heterocycles. The Kier molecular flexibility index (Phi) is 3.97. The van der Waals surface area contributed by atoms with Crippen LogP contribution in [0.2, 0.25) is 0 Å². The van der Waals surface area contributed by atoms with Crippen LogP contribution in [-0.2, 0) is 11.2 Å². The summed E-state index contributed by atoms with van der Waals surface area (Å²) in [6, 6.07) is 6.92. The largest absolute Gasteiger partial charge is 0.359 e. The molecule has 0 radical (unpaired) electrons. The molecule has 4 nitrogen and oxygen atoms in total. The molecule has 0 saturated heterocycles. The average molecular weight is 372 g/mol. The zero-order valence-electron chi connectivity index (χ0n) is 14.1. The van der Waals surface area contributed by atoms with E-state index in [1.165, 1.54) is 41.9 Å². The van der Waals surface area contributed by atoms with Crippen LogP contribution in [0.25, 0.3) is 11.3 Å². The lowest BCUT2D eigenvalue weighted by molar-refractivity contribution is -0.116. The summed E-state index contributed by atoms with van der Waals surface area (Å²) < 4.78 is 0. The van der Waals surface area contributed by atoms with Crippen molar-refractivity contribution in [2.45, 2.75) is 49.5 Å². The lowest BCUT2D eigenvalue weighted by atomic mass is 9.96. The van der Waals surface area contributed by atoms with Crippen LogP contribution in [0.3, 0.4) is 0 Å². The molecule has 1 N–H and O–H groups in total. The van der Waals surface area contributed by atoms with Gasteiger partial charge in [0.2, 0.25) is 5.91 Å². The highest BCUT2D eigenvalue weighted by Crippen LogP contribution is 2.46. The molecule has 25 heavy (non-hydrogen) atoms. The number of nitrogens with one attached hydrogen (secondary N) is 1. The van der Waals surface area contributed by atoms with Crippen molar-refractivity contribution >= 4 is 39.8 Å². The van der Waals surface area contributed by atoms with Crippen molar-refractivity contribution < 1.29 is 4.79 Å². The molecule has 1 amide bonds. The smallest absolute Gasteiger partial charge is 0.237 e. The van der Waals surface area contributed by atoms with Gasteiger partial charge in [0.25, 0.3) is 0 Å². The van der Waals surface area contributed by atoms with Gasteiger partial charge in [0.15, 0.2) is 5.13 Å². The van der Waals surface area contributed by atoms with Crippen molar-refractivity contribution in [2.75, 3.05) is 22.5 Å². The van der Waals surface area contributed by atoms with Crippen LogP contribution in [-0.4, -0.2) is 29.2 Å². The molecule has 1 aliphatic carbocycles. The maximum absolute atomic E-state index is 12.4. The first-order valence-electron chi connectivity index (χ1n) is 9.12. The van der Waals surface area contributed by atoms with Crippen molar-refractivity contribution in [1.29, 1.82) is 0 Å². The van der Waals surface area contributed by atoms with Crippen LogP contribution in [0.15, 0.2) is 23.1 Å². The minimum Gasteiger partial charge on any atom is -0.359 e. The van der Waals surface area contributed by atoms with Gasteiger partial charge >= 0.3 is 0 Å². The van der Waals surface area contributed by atoms with Crippen molar-refractivity contribution in [3.63, 3.8) is 0 Å². The number of hydrogen-bond donors (Lipinski definition) is 1. The number of nitrogens with zero attached hydrogens (tertiary/aromatic N) is 2. The molecule has 0 spiro atoms. The van der Waals surface area contributed by atoms with Gasteiger partial charge in [-0.1, -0.05) is 31.4 Å². The van der Waals surface area contributed by atoms with E-state index in [0.717, 1.165) is 35.0 Å². The van der Waals surface area contributed by atoms with Crippen LogP contribution in [0.4, 0.5) is 10.8 Å². The highest BCUT2D eigenvalue weighted by Gasteiger charge is 2.32. The van der Waals surface area contributed by atoms with Gasteiger partial charge in [0.1, 0.15) is 0 Å². The Morgan fingerprint density at radius 2 is 2.08 bits per heavy atom. The molecule has 0 unspecified atom stereocenters. The molecule has 3 aliphatic rings. The number of amides is 1. The molecule has 0 atom stereocenters. The maximum atomic E-state index is 12.4. The third-order valence-electron chi connectivity index (χ3n) is 5.37. The van der Waals surface area contributed by atoms with Gasteiger partial charge in [0.05, 0.1) is 17.1 Å². The van der Waals surface area contributed by atoms with Crippen LogP contribution in [0.1, 0.15) is 37.0 Å². The zero-order chi connectivity index (χ0) is 16.8. The van der Waals surface area contributed by atoms with Gasteiger partial charge in [-0.25, -0.2) is 4.98 Å². The molecule has 2 aliphatic heterocycles. The number of aromatic nitrogens is 1. The first kappa shape index (κ1) is 15.7. The Bertz CT molecular complexity index is 826. The van der Waals surface area contributed by atoms with Gasteiger partial charge in [-0.15, -0.1) is 23.1 Å². The van der Waals surface area contributed by atoms with E-state index in [2.05, 4.69) is 23.5 Å². The summed E-state index contributed by atoms with van der Waals surface area (Å²) in [5, 5.41) is 4.73. The van der Waals surface area contributed by atoms with Crippen LogP contribution >= 0.6 is 23.1 Å². The van der Waals surface area contributed by atoms with Crippen molar-refractivity contribution in [1.82, 2.24) is 4.98 Å². The Labute approximate surface area is 156 Å². The standard InChI is InChI=1S/C19H21N3OS2/c23-16-11-24-15-8-4-7-13-17-14(9-10-22(16)18(13)15)25-19(21-17)20-12-5-2-1-3-6-12/h4,7-8,12H,1-3,5-6,9-11H2,(H,20,21). The number of thiazole rings is 1. The molecule has 1 aromatic heterocycles. The number of anilines is 2. The second-order valence-electron chi connectivity index (χ2n) is 7.01. The van der Waals surface area contributed by atoms with Gasteiger partial charge < -0.3 is 10.2 Å². The fraction of sp³-hybridized carbons (Fsp3) is 0.474. The van der Waals surface area contributed by atoms with E-state index in [1.807, 2.05) is 4.90 Å². The molecular formula is C19H21N3OS2. The highest BCUT2D eigenvalue weighted by atomic mass is 32.2. The second kappa shape index (κ2) is 6.32. The summed E-state index contributed by atoms with van der Waals surface area (Å²) in [6.07, 6.45) is 7.41. The fourth-order valence-corrected chi connectivity index (χ4v) is 6.12. The number of fused-ring (bicyclic) bond motifs is 2. The monoisotopic (exact) mass is 371 g/mol. The van der Waals surface area contributed by atoms with E-state index in [4.69, 9.17) is 4.98 Å². The minimum absolute atomic E-state index is 0.223. The van der Waals surface area contributed by atoms with Crippen molar-refractivity contribution in [2.24, 2.45) is 0 Å². The fourth-order valence-electron chi connectivity index (χ4n) is 4.12. The van der Waals surface area contributed by atoms with Gasteiger partial charge in [-0.2, -0.15) is 0 Å². The van der Waals surface area contributed by atoms with Gasteiger partial charge in [-0.05, 0) is 18.9 Å². The van der Waals surface area contributed by atoms with Gasteiger partial charge in [0, 0.05) is 34.3 Å². The first-order chi connectivity index (χ1) is 12.3. The van der Waals surface area contributed by atoms with Crippen LogP contribution in [0, 0.1) is 0 Å². The summed E-state index contributed by atoms with van der Waals surface area (Å²) in [5.74, 6) is 0.770. The summed E-state index contributed by atoms with van der Waals surface area (Å²) >= 11 is 3.43. The summed E-state index contributed by atoms with van der Waals surface area (Å²) in [5.41, 5.74) is 3.29. The van der Waals surface area contributed by atoms with Crippen LogP contribution < -0.4 is 10.2 Å². The molecule has 0 bridgehead atoms. The van der Waals surface area contributed by atoms with Crippen molar-refractivity contribution in [3.05, 3.63) is 23.1 Å². The lowest BCUT2D eigenvalue weighted by Gasteiger charge is -2.29. The van der Waals surface area contributed by atoms with E-state index >= 15 is 0 Å². The van der Waals surface area contributed by atoms with E-state index < -0.39 is 0 Å². The molecule has 1 saturated carbocycles. The molecule has 1 aromatic carbocycles. The quantitative estimate of drug-likeness (QED) is 0.841. The number of carbonyl (C=O) groups is 1. The van der Waals surface area contributed by atoms with E-state index in [-0.39, 0.29) is 5.91 Å². The van der Waals surface area contributed by atoms with Crippen LogP contribution in [0.5, 0.6) is 0 Å². The Morgan fingerprint density at radius 3 is 2.96 bits per heavy atom. The number of hydrogen-bond acceptors (Lipinski definition) is 5. The number of benzene rings is 1. The number of thioether (sulfide) groups is 1. The number of rotatable bonds is 2. The summed E-state index contributed by atoms with van der Waals surface area (Å²) in [7, 11) is 0. The number of carbonyl (C=O) groups excluding carboxylic acids is 1. The third kappa shape index (κ3) is 2.75. The SMILES string of the molecule is O=C1CSc2cccc3c2N1CCc1sc(NC2CCCCC2)nc1-3. The predicted molar refractivity (Wildman–Crippen MR) is 105 cm³/mol. The van der Waals surface area contributed by atoms with E-state index in [9.17, 15) is 4.79 Å². The first-order valence-corrected chi connectivity index (χ1v) is 10.9. The van der Waals surface area contributed by atoms with E-state index in [0.29, 0.717) is 11.8 Å². The molecule has 1 fully saturated rings. The second-order valence-corrected chi connectivity index (χ2v) is 9.11. The zero-order valence-corrected chi connectivity index (χ0v) is 15.7. The van der Waals surface area contributed by atoms with E-state index in [1.54, 1.807) is 23.1 Å². The predicted octanol–water partition coefficient (Wildman–Crippen LogP) is 4.55. The Morgan fingerprint density at radius 1 is 1.20 bits per heavy atom. The molecule has 6 heteroatoms. The normalized spacial score (nSPS) is 20.0. The highest BCUT2D eigenvalue weighted by molar-refractivity contribution is 8.00. The maximum Gasteiger partial charge on any atom is 0.237 e. The Balaban J connectivity index is 1.53. The molecule has 5 rings (SSSR count). The lowest BCUT2D eigenvalue weighted by Crippen LogP contribution is -2.36. The Hall–Kier alpha value is -1.53. The molecule has 2 aromatic rings. The van der Waals surface area contributed by atoms with Crippen molar-refractivity contribution in [3.8, 4) is 11.3 Å². The summed E-state index contributed by atoms with van der Waals surface area (Å²) in [6.45, 7) is 0.765. The summed E-state index contributed by atoms with van der Waals surface area (Å²) in [4.78, 5) is 21.9. The minimum atomic E-state index is 0.223. The topological polar surface area (TPSA) is 45.2 Å².